The number of ether oxygens (including phenoxy) is 2. The number of nitrogens with zero attached hydrogens (tertiary/aromatic N) is 1. The first kappa shape index (κ1) is 12.9. The summed E-state index contributed by atoms with van der Waals surface area (Å²) in [5.41, 5.74) is 0.227. The van der Waals surface area contributed by atoms with Crippen molar-refractivity contribution in [2.75, 3.05) is 39.5 Å². The molecule has 0 aromatic carbocycles. The molecule has 18 heavy (non-hydrogen) atoms. The van der Waals surface area contributed by atoms with Crippen molar-refractivity contribution < 1.29 is 9.47 Å². The molecule has 3 saturated heterocycles. The van der Waals surface area contributed by atoms with Crippen LogP contribution in [-0.4, -0.2) is 50.0 Å². The van der Waals surface area contributed by atoms with Crippen LogP contribution < -0.4 is 0 Å². The number of rotatable bonds is 5. The van der Waals surface area contributed by atoms with E-state index in [1.165, 1.54) is 45.3 Å². The van der Waals surface area contributed by atoms with Gasteiger partial charge in [0, 0.05) is 18.9 Å². The van der Waals surface area contributed by atoms with Gasteiger partial charge in [-0.05, 0) is 51.2 Å². The maximum Gasteiger partial charge on any atom is 0.0990 e. The average molecular weight is 253 g/mol. The molecule has 3 aliphatic heterocycles. The third kappa shape index (κ3) is 2.73. The molecule has 0 aromatic rings. The van der Waals surface area contributed by atoms with E-state index in [9.17, 15) is 0 Å². The van der Waals surface area contributed by atoms with Gasteiger partial charge in [0.15, 0.2) is 0 Å². The fraction of sp³-hybridized carbons (Fsp3) is 1.00. The SMILES string of the molecule is CC(CCCN1CCCC1)C1COCCC12CO2. The molecular formula is C15H27NO2. The minimum absolute atomic E-state index is 0.227. The summed E-state index contributed by atoms with van der Waals surface area (Å²) in [7, 11) is 0. The molecule has 3 heteroatoms. The Morgan fingerprint density at radius 1 is 1.33 bits per heavy atom. The number of hydrogen-bond donors (Lipinski definition) is 0. The van der Waals surface area contributed by atoms with Crippen molar-refractivity contribution >= 4 is 0 Å². The molecule has 3 fully saturated rings. The van der Waals surface area contributed by atoms with Gasteiger partial charge in [-0.25, -0.2) is 0 Å². The lowest BCUT2D eigenvalue weighted by Crippen LogP contribution is -2.39. The van der Waals surface area contributed by atoms with Crippen LogP contribution in [-0.2, 0) is 9.47 Å². The van der Waals surface area contributed by atoms with Crippen LogP contribution in [0, 0.1) is 11.8 Å². The van der Waals surface area contributed by atoms with Crippen molar-refractivity contribution in [3.63, 3.8) is 0 Å². The Balaban J connectivity index is 1.41. The summed E-state index contributed by atoms with van der Waals surface area (Å²) in [5.74, 6) is 1.39. The first-order valence-electron chi connectivity index (χ1n) is 7.74. The van der Waals surface area contributed by atoms with Crippen LogP contribution in [0.1, 0.15) is 39.0 Å². The molecule has 0 radical (unpaired) electrons. The lowest BCUT2D eigenvalue weighted by atomic mass is 9.78. The van der Waals surface area contributed by atoms with E-state index < -0.39 is 0 Å². The molecule has 3 nitrogen and oxygen atoms in total. The molecule has 0 amide bonds. The fourth-order valence-electron chi connectivity index (χ4n) is 3.77. The van der Waals surface area contributed by atoms with Crippen molar-refractivity contribution in [1.82, 2.24) is 4.90 Å². The molecule has 0 saturated carbocycles. The van der Waals surface area contributed by atoms with Gasteiger partial charge < -0.3 is 14.4 Å². The van der Waals surface area contributed by atoms with E-state index >= 15 is 0 Å². The van der Waals surface area contributed by atoms with E-state index in [0.717, 1.165) is 32.2 Å². The average Bonchev–Trinajstić information content (AvgIpc) is 2.93. The van der Waals surface area contributed by atoms with Crippen molar-refractivity contribution in [3.05, 3.63) is 0 Å². The Morgan fingerprint density at radius 2 is 2.11 bits per heavy atom. The normalized spacial score (nSPS) is 38.2. The Hall–Kier alpha value is -0.120. The van der Waals surface area contributed by atoms with Gasteiger partial charge in [0.05, 0.1) is 18.8 Å². The van der Waals surface area contributed by atoms with Crippen LogP contribution in [0.4, 0.5) is 0 Å². The van der Waals surface area contributed by atoms with Gasteiger partial charge in [0.1, 0.15) is 0 Å². The summed E-state index contributed by atoms with van der Waals surface area (Å²) in [6.45, 7) is 9.15. The summed E-state index contributed by atoms with van der Waals surface area (Å²) < 4.78 is 11.4. The lowest BCUT2D eigenvalue weighted by molar-refractivity contribution is -0.0238. The molecule has 104 valence electrons. The van der Waals surface area contributed by atoms with Gasteiger partial charge in [-0.15, -0.1) is 0 Å². The molecular weight excluding hydrogens is 226 g/mol. The highest BCUT2D eigenvalue weighted by atomic mass is 16.6. The summed E-state index contributed by atoms with van der Waals surface area (Å²) in [6.07, 6.45) is 6.60. The summed E-state index contributed by atoms with van der Waals surface area (Å²) in [6, 6.07) is 0. The van der Waals surface area contributed by atoms with E-state index in [2.05, 4.69) is 11.8 Å². The zero-order valence-corrected chi connectivity index (χ0v) is 11.7. The van der Waals surface area contributed by atoms with Gasteiger partial charge in [-0.3, -0.25) is 0 Å². The third-order valence-electron chi connectivity index (χ3n) is 5.18. The molecule has 1 spiro atoms. The fourth-order valence-corrected chi connectivity index (χ4v) is 3.77. The highest BCUT2D eigenvalue weighted by Crippen LogP contribution is 2.45. The monoisotopic (exact) mass is 253 g/mol. The highest BCUT2D eigenvalue weighted by Gasteiger charge is 2.54. The van der Waals surface area contributed by atoms with Crippen LogP contribution in [0.2, 0.25) is 0 Å². The van der Waals surface area contributed by atoms with Gasteiger partial charge in [-0.2, -0.15) is 0 Å². The minimum atomic E-state index is 0.227. The Kier molecular flexibility index (Phi) is 3.92. The maximum atomic E-state index is 5.76. The van der Waals surface area contributed by atoms with Gasteiger partial charge in [0.25, 0.3) is 0 Å². The van der Waals surface area contributed by atoms with E-state index in [-0.39, 0.29) is 5.60 Å². The number of epoxide rings is 1. The second-order valence-electron chi connectivity index (χ2n) is 6.45. The summed E-state index contributed by atoms with van der Waals surface area (Å²) in [4.78, 5) is 2.62. The predicted molar refractivity (Wildman–Crippen MR) is 71.7 cm³/mol. The zero-order valence-electron chi connectivity index (χ0n) is 11.7. The Bertz CT molecular complexity index is 272. The van der Waals surface area contributed by atoms with Crippen molar-refractivity contribution in [1.29, 1.82) is 0 Å². The molecule has 3 atom stereocenters. The highest BCUT2D eigenvalue weighted by molar-refractivity contribution is 5.01. The number of likely N-dealkylation sites (tertiary alicyclic amines) is 1. The first-order valence-corrected chi connectivity index (χ1v) is 7.74. The van der Waals surface area contributed by atoms with Gasteiger partial charge in [0.2, 0.25) is 0 Å². The Morgan fingerprint density at radius 3 is 2.83 bits per heavy atom. The van der Waals surface area contributed by atoms with Crippen LogP contribution in [0.15, 0.2) is 0 Å². The quantitative estimate of drug-likeness (QED) is 0.703. The van der Waals surface area contributed by atoms with Gasteiger partial charge >= 0.3 is 0 Å². The van der Waals surface area contributed by atoms with E-state index in [0.29, 0.717) is 5.92 Å². The molecule has 0 aromatic heterocycles. The van der Waals surface area contributed by atoms with Crippen molar-refractivity contribution in [3.8, 4) is 0 Å². The molecule has 0 bridgehead atoms. The first-order chi connectivity index (χ1) is 8.80. The molecule has 3 heterocycles. The summed E-state index contributed by atoms with van der Waals surface area (Å²) in [5, 5.41) is 0. The molecule has 3 unspecified atom stereocenters. The number of hydrogen-bond acceptors (Lipinski definition) is 3. The van der Waals surface area contributed by atoms with Crippen LogP contribution in [0.5, 0.6) is 0 Å². The van der Waals surface area contributed by atoms with Crippen molar-refractivity contribution in [2.45, 2.75) is 44.6 Å². The predicted octanol–water partition coefficient (Wildman–Crippen LogP) is 2.30. The minimum Gasteiger partial charge on any atom is -0.381 e. The van der Waals surface area contributed by atoms with Crippen LogP contribution in [0.25, 0.3) is 0 Å². The Labute approximate surface area is 111 Å². The smallest absolute Gasteiger partial charge is 0.0990 e. The maximum absolute atomic E-state index is 5.76. The second kappa shape index (κ2) is 5.48. The molecule has 0 aliphatic carbocycles. The van der Waals surface area contributed by atoms with Gasteiger partial charge in [-0.1, -0.05) is 6.92 Å². The standard InChI is InChI=1S/C15H27NO2/c1-13(5-4-9-16-7-2-3-8-16)14-11-17-10-6-15(14)12-18-15/h13-14H,2-12H2,1H3. The molecule has 3 aliphatic rings. The topological polar surface area (TPSA) is 25.0 Å². The van der Waals surface area contributed by atoms with E-state index in [1.807, 2.05) is 0 Å². The van der Waals surface area contributed by atoms with Crippen molar-refractivity contribution in [2.24, 2.45) is 11.8 Å². The summed E-state index contributed by atoms with van der Waals surface area (Å²) >= 11 is 0. The lowest BCUT2D eigenvalue weighted by Gasteiger charge is -2.33. The third-order valence-corrected chi connectivity index (χ3v) is 5.18. The molecule has 3 rings (SSSR count). The molecule has 0 N–H and O–H groups in total. The second-order valence-corrected chi connectivity index (χ2v) is 6.45. The van der Waals surface area contributed by atoms with Crippen LogP contribution >= 0.6 is 0 Å². The largest absolute Gasteiger partial charge is 0.381 e. The van der Waals surface area contributed by atoms with E-state index in [1.54, 1.807) is 0 Å². The zero-order chi connectivity index (χ0) is 12.4. The van der Waals surface area contributed by atoms with Crippen LogP contribution in [0.3, 0.4) is 0 Å². The van der Waals surface area contributed by atoms with E-state index in [4.69, 9.17) is 9.47 Å².